The average Bonchev–Trinajstić information content (AvgIpc) is 2.42. The lowest BCUT2D eigenvalue weighted by Crippen LogP contribution is -2.47. The third-order valence-electron chi connectivity index (χ3n) is 3.77. The zero-order valence-electron chi connectivity index (χ0n) is 14.6. The summed E-state index contributed by atoms with van der Waals surface area (Å²) in [6.45, 7) is 16.7. The maximum absolute atomic E-state index is 5.82. The molecule has 128 valence electrons. The standard InChI is InChI=1S/C17H36N2O2.H2/c1-15(2)6-5-9-20-10-7-19-8-11-21-17(14-19)13-18-12-16(3)4;/h15-18H,5-14H2,1-4H3;1H/t17-;/m0./s1. The van der Waals surface area contributed by atoms with Crippen LogP contribution in [0.3, 0.4) is 0 Å². The second-order valence-electron chi connectivity index (χ2n) is 6.99. The van der Waals surface area contributed by atoms with Gasteiger partial charge in [0.2, 0.25) is 0 Å². The SMILES string of the molecule is CC(C)CCCOCCN1CCO[C@@H](CNCC(C)C)C1.[HH]. The van der Waals surface area contributed by atoms with E-state index in [-0.39, 0.29) is 1.43 Å². The lowest BCUT2D eigenvalue weighted by Gasteiger charge is -2.33. The van der Waals surface area contributed by atoms with E-state index in [0.29, 0.717) is 12.0 Å². The van der Waals surface area contributed by atoms with Crippen molar-refractivity contribution in [2.24, 2.45) is 11.8 Å². The highest BCUT2D eigenvalue weighted by Crippen LogP contribution is 2.06. The lowest BCUT2D eigenvalue weighted by molar-refractivity contribution is -0.0351. The number of morpholine rings is 1. The van der Waals surface area contributed by atoms with Gasteiger partial charge in [0.25, 0.3) is 0 Å². The van der Waals surface area contributed by atoms with Gasteiger partial charge < -0.3 is 14.8 Å². The molecule has 0 bridgehead atoms. The number of rotatable bonds is 11. The van der Waals surface area contributed by atoms with Gasteiger partial charge in [0.1, 0.15) is 0 Å². The first-order chi connectivity index (χ1) is 10.1. The topological polar surface area (TPSA) is 33.7 Å². The molecule has 4 nitrogen and oxygen atoms in total. The van der Waals surface area contributed by atoms with E-state index in [4.69, 9.17) is 9.47 Å². The average molecular weight is 303 g/mol. The van der Waals surface area contributed by atoms with Crippen LogP contribution >= 0.6 is 0 Å². The normalized spacial score (nSPS) is 20.6. The summed E-state index contributed by atoms with van der Waals surface area (Å²) in [4.78, 5) is 2.47. The molecule has 1 heterocycles. The number of nitrogens with one attached hydrogen (secondary N) is 1. The van der Waals surface area contributed by atoms with Crippen molar-refractivity contribution in [2.75, 3.05) is 52.5 Å². The molecule has 0 aliphatic carbocycles. The van der Waals surface area contributed by atoms with Crippen LogP contribution in [0.25, 0.3) is 0 Å². The molecule has 0 saturated carbocycles. The van der Waals surface area contributed by atoms with Crippen molar-refractivity contribution in [3.63, 3.8) is 0 Å². The minimum Gasteiger partial charge on any atom is -0.380 e. The van der Waals surface area contributed by atoms with Crippen molar-refractivity contribution in [1.82, 2.24) is 10.2 Å². The van der Waals surface area contributed by atoms with Crippen LogP contribution in [0.2, 0.25) is 0 Å². The largest absolute Gasteiger partial charge is 0.380 e. The molecule has 0 aromatic carbocycles. The number of hydrogen-bond donors (Lipinski definition) is 1. The molecule has 1 saturated heterocycles. The predicted octanol–water partition coefficient (Wildman–Crippen LogP) is 2.63. The van der Waals surface area contributed by atoms with E-state index in [9.17, 15) is 0 Å². The Balaban J connectivity index is 0.00000441. The summed E-state index contributed by atoms with van der Waals surface area (Å²) in [5.74, 6) is 1.48. The Morgan fingerprint density at radius 3 is 2.76 bits per heavy atom. The van der Waals surface area contributed by atoms with Crippen LogP contribution in [0, 0.1) is 11.8 Å². The molecular weight excluding hydrogens is 264 g/mol. The minimum absolute atomic E-state index is 0. The predicted molar refractivity (Wildman–Crippen MR) is 90.9 cm³/mol. The zero-order valence-corrected chi connectivity index (χ0v) is 14.6. The van der Waals surface area contributed by atoms with Crippen LogP contribution in [0.15, 0.2) is 0 Å². The summed E-state index contributed by atoms with van der Waals surface area (Å²) in [6.07, 6.45) is 2.78. The van der Waals surface area contributed by atoms with E-state index >= 15 is 0 Å². The van der Waals surface area contributed by atoms with Crippen LogP contribution in [-0.4, -0.2) is 63.5 Å². The molecule has 21 heavy (non-hydrogen) atoms. The number of nitrogens with zero attached hydrogens (tertiary/aromatic N) is 1. The first-order valence-corrected chi connectivity index (χ1v) is 8.70. The maximum Gasteiger partial charge on any atom is 0.0826 e. The molecule has 1 aliphatic heterocycles. The van der Waals surface area contributed by atoms with Crippen LogP contribution in [-0.2, 0) is 9.47 Å². The second kappa shape index (κ2) is 11.4. The first kappa shape index (κ1) is 18.9. The highest BCUT2D eigenvalue weighted by molar-refractivity contribution is 4.73. The molecule has 0 radical (unpaired) electrons. The van der Waals surface area contributed by atoms with Crippen LogP contribution in [0.1, 0.15) is 42.0 Å². The quantitative estimate of drug-likeness (QED) is 0.595. The second-order valence-corrected chi connectivity index (χ2v) is 6.99. The summed E-state index contributed by atoms with van der Waals surface area (Å²) < 4.78 is 11.6. The summed E-state index contributed by atoms with van der Waals surface area (Å²) in [6, 6.07) is 0. The Morgan fingerprint density at radius 2 is 2.05 bits per heavy atom. The van der Waals surface area contributed by atoms with Gasteiger partial charge >= 0.3 is 0 Å². The molecule has 0 unspecified atom stereocenters. The fourth-order valence-electron chi connectivity index (χ4n) is 2.53. The molecule has 0 amide bonds. The van der Waals surface area contributed by atoms with Gasteiger partial charge in [-0.25, -0.2) is 0 Å². The van der Waals surface area contributed by atoms with Gasteiger partial charge in [-0.1, -0.05) is 27.7 Å². The van der Waals surface area contributed by atoms with E-state index in [1.165, 1.54) is 12.8 Å². The van der Waals surface area contributed by atoms with Gasteiger partial charge in [-0.15, -0.1) is 0 Å². The fourth-order valence-corrected chi connectivity index (χ4v) is 2.53. The molecule has 1 atom stereocenters. The summed E-state index contributed by atoms with van der Waals surface area (Å²) in [5, 5.41) is 3.49. The summed E-state index contributed by atoms with van der Waals surface area (Å²) in [5.41, 5.74) is 0. The van der Waals surface area contributed by atoms with Gasteiger partial charge in [0.05, 0.1) is 19.3 Å². The number of ether oxygens (including phenoxy) is 2. The first-order valence-electron chi connectivity index (χ1n) is 8.70. The Morgan fingerprint density at radius 1 is 1.24 bits per heavy atom. The maximum atomic E-state index is 5.82. The third-order valence-corrected chi connectivity index (χ3v) is 3.77. The lowest BCUT2D eigenvalue weighted by atomic mass is 10.1. The van der Waals surface area contributed by atoms with Crippen LogP contribution in [0.4, 0.5) is 0 Å². The van der Waals surface area contributed by atoms with Crippen molar-refractivity contribution >= 4 is 0 Å². The van der Waals surface area contributed by atoms with Gasteiger partial charge in [-0.05, 0) is 31.2 Å². The molecule has 1 rings (SSSR count). The highest BCUT2D eigenvalue weighted by Gasteiger charge is 2.19. The van der Waals surface area contributed by atoms with Crippen molar-refractivity contribution in [3.8, 4) is 0 Å². The summed E-state index contributed by atoms with van der Waals surface area (Å²) >= 11 is 0. The Hall–Kier alpha value is -0.160. The molecule has 1 N–H and O–H groups in total. The third kappa shape index (κ3) is 10.2. The molecular formula is C17H38N2O2. The molecule has 4 heteroatoms. The van der Waals surface area contributed by atoms with Gasteiger partial charge in [-0.2, -0.15) is 0 Å². The minimum atomic E-state index is 0. The van der Waals surface area contributed by atoms with Crippen molar-refractivity contribution in [3.05, 3.63) is 0 Å². The molecule has 1 aliphatic rings. The summed E-state index contributed by atoms with van der Waals surface area (Å²) in [7, 11) is 0. The van der Waals surface area contributed by atoms with Gasteiger partial charge in [0.15, 0.2) is 0 Å². The Kier molecular flexibility index (Phi) is 10.3. The van der Waals surface area contributed by atoms with Crippen molar-refractivity contribution in [2.45, 2.75) is 46.6 Å². The van der Waals surface area contributed by atoms with E-state index in [1.54, 1.807) is 0 Å². The molecule has 1 fully saturated rings. The highest BCUT2D eigenvalue weighted by atomic mass is 16.5. The molecule has 0 aromatic heterocycles. The van der Waals surface area contributed by atoms with Crippen molar-refractivity contribution in [1.29, 1.82) is 0 Å². The molecule has 0 spiro atoms. The van der Waals surface area contributed by atoms with E-state index in [0.717, 1.165) is 58.5 Å². The fraction of sp³-hybridized carbons (Fsp3) is 1.00. The van der Waals surface area contributed by atoms with E-state index in [2.05, 4.69) is 37.9 Å². The smallest absolute Gasteiger partial charge is 0.0826 e. The van der Waals surface area contributed by atoms with E-state index in [1.807, 2.05) is 0 Å². The zero-order chi connectivity index (χ0) is 15.5. The Bertz CT molecular complexity index is 253. The van der Waals surface area contributed by atoms with Gasteiger partial charge in [0, 0.05) is 34.2 Å². The van der Waals surface area contributed by atoms with Crippen LogP contribution in [0.5, 0.6) is 0 Å². The van der Waals surface area contributed by atoms with Gasteiger partial charge in [-0.3, -0.25) is 4.90 Å². The molecule has 0 aromatic rings. The van der Waals surface area contributed by atoms with Crippen LogP contribution < -0.4 is 5.32 Å². The van der Waals surface area contributed by atoms with E-state index < -0.39 is 0 Å². The van der Waals surface area contributed by atoms with Crippen molar-refractivity contribution < 1.29 is 10.9 Å². The monoisotopic (exact) mass is 302 g/mol. The number of hydrogen-bond acceptors (Lipinski definition) is 4. The Labute approximate surface area is 133 Å².